The van der Waals surface area contributed by atoms with E-state index in [0.29, 0.717) is 6.04 Å². The van der Waals surface area contributed by atoms with E-state index < -0.39 is 0 Å². The van der Waals surface area contributed by atoms with Crippen molar-refractivity contribution in [1.82, 2.24) is 10.3 Å². The molecule has 4 heteroatoms. The summed E-state index contributed by atoms with van der Waals surface area (Å²) in [7, 11) is 0. The number of nitrogens with one attached hydrogen (secondary N) is 2. The predicted octanol–water partition coefficient (Wildman–Crippen LogP) is 2.26. The van der Waals surface area contributed by atoms with E-state index in [4.69, 9.17) is 0 Å². The average molecular weight is 225 g/mol. The Bertz CT molecular complexity index is 290. The van der Waals surface area contributed by atoms with Crippen LogP contribution in [0.1, 0.15) is 31.9 Å². The van der Waals surface area contributed by atoms with E-state index in [1.165, 1.54) is 25.0 Å². The molecule has 2 rings (SSSR count). The molecule has 1 unspecified atom stereocenters. The Morgan fingerprint density at radius 3 is 3.33 bits per heavy atom. The molecule has 3 nitrogen and oxygen atoms in total. The second-order valence-electron chi connectivity index (χ2n) is 4.04. The number of thiazole rings is 1. The van der Waals surface area contributed by atoms with Gasteiger partial charge in [-0.15, -0.1) is 11.3 Å². The van der Waals surface area contributed by atoms with E-state index in [1.54, 1.807) is 11.3 Å². The van der Waals surface area contributed by atoms with Crippen LogP contribution >= 0.6 is 11.3 Å². The zero-order valence-electron chi connectivity index (χ0n) is 9.25. The first-order valence-corrected chi connectivity index (χ1v) is 6.68. The molecule has 1 aromatic rings. The summed E-state index contributed by atoms with van der Waals surface area (Å²) in [4.78, 5) is 4.53. The van der Waals surface area contributed by atoms with Gasteiger partial charge in [0.25, 0.3) is 0 Å². The van der Waals surface area contributed by atoms with Crippen molar-refractivity contribution >= 4 is 16.5 Å². The Hall–Kier alpha value is -0.610. The lowest BCUT2D eigenvalue weighted by Gasteiger charge is -2.15. The Morgan fingerprint density at radius 1 is 1.60 bits per heavy atom. The van der Waals surface area contributed by atoms with Gasteiger partial charge in [-0.3, -0.25) is 0 Å². The fourth-order valence-corrected chi connectivity index (χ4v) is 2.72. The molecular weight excluding hydrogens is 206 g/mol. The second-order valence-corrected chi connectivity index (χ2v) is 4.90. The van der Waals surface area contributed by atoms with Crippen molar-refractivity contribution in [1.29, 1.82) is 0 Å². The largest absolute Gasteiger partial charge is 0.358 e. The molecule has 84 valence electrons. The standard InChI is InChI=1S/C11H19N3S/c1-2-9-8-15-11(13-9)14-10-5-3-4-6-12-7-10/h8,10,12H,2-7H2,1H3,(H,13,14). The molecule has 0 bridgehead atoms. The van der Waals surface area contributed by atoms with Crippen LogP contribution < -0.4 is 10.6 Å². The highest BCUT2D eigenvalue weighted by Crippen LogP contribution is 2.18. The van der Waals surface area contributed by atoms with Crippen molar-refractivity contribution < 1.29 is 0 Å². The molecule has 15 heavy (non-hydrogen) atoms. The molecule has 0 amide bonds. The van der Waals surface area contributed by atoms with E-state index in [9.17, 15) is 0 Å². The van der Waals surface area contributed by atoms with Gasteiger partial charge in [-0.2, -0.15) is 0 Å². The quantitative estimate of drug-likeness (QED) is 0.828. The molecule has 0 radical (unpaired) electrons. The molecule has 2 N–H and O–H groups in total. The summed E-state index contributed by atoms with van der Waals surface area (Å²) in [5.41, 5.74) is 1.20. The van der Waals surface area contributed by atoms with Crippen molar-refractivity contribution in [2.45, 2.75) is 38.6 Å². The molecule has 0 saturated carbocycles. The van der Waals surface area contributed by atoms with Crippen LogP contribution in [-0.4, -0.2) is 24.1 Å². The van der Waals surface area contributed by atoms with E-state index in [-0.39, 0.29) is 0 Å². The number of nitrogens with zero attached hydrogens (tertiary/aromatic N) is 1. The Balaban J connectivity index is 1.89. The van der Waals surface area contributed by atoms with E-state index in [1.807, 2.05) is 0 Å². The normalized spacial score (nSPS) is 22.3. The lowest BCUT2D eigenvalue weighted by Crippen LogP contribution is -2.30. The van der Waals surface area contributed by atoms with Crippen molar-refractivity contribution in [3.05, 3.63) is 11.1 Å². The highest BCUT2D eigenvalue weighted by molar-refractivity contribution is 7.13. The first-order chi connectivity index (χ1) is 7.38. The van der Waals surface area contributed by atoms with Gasteiger partial charge >= 0.3 is 0 Å². The fraction of sp³-hybridized carbons (Fsp3) is 0.727. The van der Waals surface area contributed by atoms with Gasteiger partial charge in [0.05, 0.1) is 5.69 Å². The maximum absolute atomic E-state index is 4.53. The van der Waals surface area contributed by atoms with E-state index in [0.717, 1.165) is 24.6 Å². The van der Waals surface area contributed by atoms with Gasteiger partial charge in [-0.1, -0.05) is 13.3 Å². The van der Waals surface area contributed by atoms with Crippen molar-refractivity contribution in [3.8, 4) is 0 Å². The van der Waals surface area contributed by atoms with Crippen LogP contribution in [0.4, 0.5) is 5.13 Å². The molecule has 0 aliphatic carbocycles. The van der Waals surface area contributed by atoms with Crippen LogP contribution in [0, 0.1) is 0 Å². The molecule has 1 saturated heterocycles. The summed E-state index contributed by atoms with van der Waals surface area (Å²) in [5.74, 6) is 0. The number of anilines is 1. The van der Waals surface area contributed by atoms with Gasteiger partial charge in [0.15, 0.2) is 5.13 Å². The first kappa shape index (κ1) is 10.9. The van der Waals surface area contributed by atoms with Crippen LogP contribution in [0.15, 0.2) is 5.38 Å². The number of hydrogen-bond donors (Lipinski definition) is 2. The fourth-order valence-electron chi connectivity index (χ4n) is 1.85. The number of rotatable bonds is 3. The molecule has 0 spiro atoms. The van der Waals surface area contributed by atoms with Crippen molar-refractivity contribution in [2.24, 2.45) is 0 Å². The molecule has 1 aliphatic rings. The summed E-state index contributed by atoms with van der Waals surface area (Å²) in [6.45, 7) is 4.38. The maximum Gasteiger partial charge on any atom is 0.183 e. The van der Waals surface area contributed by atoms with Crippen LogP contribution in [-0.2, 0) is 6.42 Å². The number of hydrogen-bond acceptors (Lipinski definition) is 4. The summed E-state index contributed by atoms with van der Waals surface area (Å²) in [5, 5.41) is 10.2. The lowest BCUT2D eigenvalue weighted by atomic mass is 10.1. The Kier molecular flexibility index (Phi) is 3.97. The number of aryl methyl sites for hydroxylation is 1. The van der Waals surface area contributed by atoms with Gasteiger partial charge in [0.1, 0.15) is 0 Å². The molecule has 0 aromatic carbocycles. The Morgan fingerprint density at radius 2 is 2.53 bits per heavy atom. The second kappa shape index (κ2) is 5.47. The van der Waals surface area contributed by atoms with Crippen LogP contribution in [0.2, 0.25) is 0 Å². The van der Waals surface area contributed by atoms with Crippen LogP contribution in [0.5, 0.6) is 0 Å². The van der Waals surface area contributed by atoms with Crippen LogP contribution in [0.25, 0.3) is 0 Å². The maximum atomic E-state index is 4.53. The predicted molar refractivity (Wildman–Crippen MR) is 65.6 cm³/mol. The highest BCUT2D eigenvalue weighted by atomic mass is 32.1. The minimum Gasteiger partial charge on any atom is -0.358 e. The highest BCUT2D eigenvalue weighted by Gasteiger charge is 2.12. The minimum atomic E-state index is 0.559. The Labute approximate surface area is 95.3 Å². The van der Waals surface area contributed by atoms with Crippen LogP contribution in [0.3, 0.4) is 0 Å². The third-order valence-corrected chi connectivity index (χ3v) is 3.61. The van der Waals surface area contributed by atoms with Gasteiger partial charge in [-0.05, 0) is 25.8 Å². The van der Waals surface area contributed by atoms with Gasteiger partial charge < -0.3 is 10.6 Å². The summed E-state index contributed by atoms with van der Waals surface area (Å²) >= 11 is 1.72. The monoisotopic (exact) mass is 225 g/mol. The average Bonchev–Trinajstić information content (AvgIpc) is 2.54. The lowest BCUT2D eigenvalue weighted by molar-refractivity contribution is 0.635. The molecule has 1 aromatic heterocycles. The molecule has 1 aliphatic heterocycles. The summed E-state index contributed by atoms with van der Waals surface area (Å²) in [6, 6.07) is 0.559. The minimum absolute atomic E-state index is 0.559. The molecule has 2 heterocycles. The summed E-state index contributed by atoms with van der Waals surface area (Å²) < 4.78 is 0. The SMILES string of the molecule is CCc1csc(NC2CCCCNC2)n1. The van der Waals surface area contributed by atoms with E-state index >= 15 is 0 Å². The van der Waals surface area contributed by atoms with Gasteiger partial charge in [0, 0.05) is 18.0 Å². The number of aromatic nitrogens is 1. The van der Waals surface area contributed by atoms with Gasteiger partial charge in [-0.25, -0.2) is 4.98 Å². The first-order valence-electron chi connectivity index (χ1n) is 5.80. The van der Waals surface area contributed by atoms with Gasteiger partial charge in [0.2, 0.25) is 0 Å². The van der Waals surface area contributed by atoms with E-state index in [2.05, 4.69) is 27.9 Å². The molecule has 1 atom stereocenters. The third-order valence-electron chi connectivity index (χ3n) is 2.79. The smallest absolute Gasteiger partial charge is 0.183 e. The molecule has 1 fully saturated rings. The zero-order chi connectivity index (χ0) is 10.5. The zero-order valence-corrected chi connectivity index (χ0v) is 10.1. The third kappa shape index (κ3) is 3.18. The van der Waals surface area contributed by atoms with Crippen molar-refractivity contribution in [2.75, 3.05) is 18.4 Å². The molecular formula is C11H19N3S. The topological polar surface area (TPSA) is 37.0 Å². The summed E-state index contributed by atoms with van der Waals surface area (Å²) in [6.07, 6.45) is 4.90. The van der Waals surface area contributed by atoms with Crippen molar-refractivity contribution in [3.63, 3.8) is 0 Å².